The lowest BCUT2D eigenvalue weighted by atomic mass is 9.95. The quantitative estimate of drug-likeness (QED) is 0.661. The van der Waals surface area contributed by atoms with Gasteiger partial charge in [0, 0.05) is 29.7 Å². The third-order valence-electron chi connectivity index (χ3n) is 4.26. The molecular formula is C17H23NO3. The van der Waals surface area contributed by atoms with Crippen LogP contribution in [0.5, 0.6) is 0 Å². The monoisotopic (exact) mass is 289 g/mol. The van der Waals surface area contributed by atoms with E-state index < -0.39 is 0 Å². The third-order valence-corrected chi connectivity index (χ3v) is 4.26. The molecule has 0 heterocycles. The van der Waals surface area contributed by atoms with E-state index in [1.54, 1.807) is 24.3 Å². The topological polar surface area (TPSA) is 66.4 Å². The minimum absolute atomic E-state index is 0.00827. The molecule has 2 rings (SSSR count). The number of carbonyl (C=O) groups is 2. The maximum Gasteiger partial charge on any atom is 0.251 e. The summed E-state index contributed by atoms with van der Waals surface area (Å²) in [6.07, 6.45) is 5.25. The van der Waals surface area contributed by atoms with Gasteiger partial charge in [-0.2, -0.15) is 0 Å². The summed E-state index contributed by atoms with van der Waals surface area (Å²) in [5.41, 5.74) is 1.16. The van der Waals surface area contributed by atoms with Crippen LogP contribution < -0.4 is 5.32 Å². The van der Waals surface area contributed by atoms with E-state index >= 15 is 0 Å². The Kier molecular flexibility index (Phi) is 5.51. The molecule has 1 fully saturated rings. The summed E-state index contributed by atoms with van der Waals surface area (Å²) in [6.45, 7) is 1.63. The Morgan fingerprint density at radius 1 is 1.10 bits per heavy atom. The number of benzene rings is 1. The zero-order valence-corrected chi connectivity index (χ0v) is 12.5. The van der Waals surface area contributed by atoms with E-state index in [2.05, 4.69) is 5.32 Å². The average Bonchev–Trinajstić information content (AvgIpc) is 2.72. The third kappa shape index (κ3) is 4.14. The summed E-state index contributed by atoms with van der Waals surface area (Å²) in [4.78, 5) is 23.5. The first-order valence-corrected chi connectivity index (χ1v) is 7.64. The number of amides is 1. The summed E-state index contributed by atoms with van der Waals surface area (Å²) in [5.74, 6) is 0.00876. The average molecular weight is 289 g/mol. The number of aliphatic hydroxyl groups is 1. The first-order valence-electron chi connectivity index (χ1n) is 7.64. The van der Waals surface area contributed by atoms with Crippen molar-refractivity contribution in [2.45, 2.75) is 45.1 Å². The molecule has 1 aliphatic carbocycles. The predicted octanol–water partition coefficient (Wildman–Crippen LogP) is 2.56. The van der Waals surface area contributed by atoms with E-state index in [1.165, 1.54) is 6.92 Å². The van der Waals surface area contributed by atoms with Gasteiger partial charge in [0.25, 0.3) is 5.91 Å². The molecule has 2 unspecified atom stereocenters. The van der Waals surface area contributed by atoms with Gasteiger partial charge in [0.15, 0.2) is 5.78 Å². The summed E-state index contributed by atoms with van der Waals surface area (Å²) in [5, 5.41) is 12.5. The van der Waals surface area contributed by atoms with Crippen LogP contribution in [0.2, 0.25) is 0 Å². The molecule has 0 aliphatic heterocycles. The van der Waals surface area contributed by atoms with Crippen LogP contribution in [0.4, 0.5) is 0 Å². The molecule has 4 nitrogen and oxygen atoms in total. The largest absolute Gasteiger partial charge is 0.396 e. The van der Waals surface area contributed by atoms with Gasteiger partial charge in [-0.25, -0.2) is 0 Å². The van der Waals surface area contributed by atoms with E-state index in [0.29, 0.717) is 11.1 Å². The molecule has 0 bridgehead atoms. The van der Waals surface area contributed by atoms with Crippen LogP contribution >= 0.6 is 0 Å². The molecule has 0 radical (unpaired) electrons. The Morgan fingerprint density at radius 3 is 2.33 bits per heavy atom. The summed E-state index contributed by atoms with van der Waals surface area (Å²) in [6, 6.07) is 6.74. The van der Waals surface area contributed by atoms with Crippen molar-refractivity contribution in [3.05, 3.63) is 35.4 Å². The number of hydrogen-bond donors (Lipinski definition) is 2. The molecule has 1 saturated carbocycles. The van der Waals surface area contributed by atoms with Crippen LogP contribution in [0.1, 0.15) is 59.7 Å². The van der Waals surface area contributed by atoms with Crippen LogP contribution in [-0.4, -0.2) is 29.4 Å². The second-order valence-corrected chi connectivity index (χ2v) is 5.79. The van der Waals surface area contributed by atoms with Crippen molar-refractivity contribution in [3.8, 4) is 0 Å². The molecule has 0 saturated heterocycles. The Balaban J connectivity index is 2.03. The van der Waals surface area contributed by atoms with Crippen molar-refractivity contribution < 1.29 is 14.7 Å². The number of hydrogen-bond acceptors (Lipinski definition) is 3. The van der Waals surface area contributed by atoms with Gasteiger partial charge in [0.2, 0.25) is 0 Å². The molecule has 0 aromatic heterocycles. The fraction of sp³-hybridized carbons (Fsp3) is 0.529. The SMILES string of the molecule is CC(=O)c1ccc(C(=O)NC2CCCCCC2CO)cc1. The van der Waals surface area contributed by atoms with Crippen molar-refractivity contribution in [1.29, 1.82) is 0 Å². The van der Waals surface area contributed by atoms with Crippen molar-refractivity contribution in [2.24, 2.45) is 5.92 Å². The first-order chi connectivity index (χ1) is 10.1. The number of ketones is 1. The Bertz CT molecular complexity index is 495. The van der Waals surface area contributed by atoms with E-state index in [4.69, 9.17) is 0 Å². The van der Waals surface area contributed by atoms with Gasteiger partial charge >= 0.3 is 0 Å². The number of nitrogens with one attached hydrogen (secondary N) is 1. The zero-order valence-electron chi connectivity index (χ0n) is 12.5. The smallest absolute Gasteiger partial charge is 0.251 e. The maximum atomic E-state index is 12.3. The van der Waals surface area contributed by atoms with Gasteiger partial charge in [0.05, 0.1) is 0 Å². The molecule has 0 spiro atoms. The van der Waals surface area contributed by atoms with Crippen molar-refractivity contribution in [1.82, 2.24) is 5.32 Å². The fourth-order valence-corrected chi connectivity index (χ4v) is 2.90. The lowest BCUT2D eigenvalue weighted by molar-refractivity contribution is 0.0898. The highest BCUT2D eigenvalue weighted by Crippen LogP contribution is 2.23. The van der Waals surface area contributed by atoms with E-state index in [0.717, 1.165) is 32.1 Å². The molecular weight excluding hydrogens is 266 g/mol. The number of carbonyl (C=O) groups excluding carboxylic acids is 2. The second-order valence-electron chi connectivity index (χ2n) is 5.79. The zero-order chi connectivity index (χ0) is 15.2. The van der Waals surface area contributed by atoms with Crippen molar-refractivity contribution in [2.75, 3.05) is 6.61 Å². The van der Waals surface area contributed by atoms with Gasteiger partial charge in [-0.1, -0.05) is 31.4 Å². The molecule has 1 aromatic rings. The van der Waals surface area contributed by atoms with Crippen molar-refractivity contribution in [3.63, 3.8) is 0 Å². The second kappa shape index (κ2) is 7.36. The highest BCUT2D eigenvalue weighted by molar-refractivity contribution is 5.97. The van der Waals surface area contributed by atoms with E-state index in [9.17, 15) is 14.7 Å². The van der Waals surface area contributed by atoms with Gasteiger partial charge in [0.1, 0.15) is 0 Å². The maximum absolute atomic E-state index is 12.3. The minimum Gasteiger partial charge on any atom is -0.396 e. The standard InChI is InChI=1S/C17H23NO3/c1-12(20)13-7-9-14(10-8-13)17(21)18-16-6-4-2-3-5-15(16)11-19/h7-10,15-16,19H,2-6,11H2,1H3,(H,18,21). The molecule has 114 valence electrons. The molecule has 21 heavy (non-hydrogen) atoms. The number of Topliss-reactive ketones (excluding diaryl/α,β-unsaturated/α-hetero) is 1. The van der Waals surface area contributed by atoms with E-state index in [1.807, 2.05) is 0 Å². The van der Waals surface area contributed by atoms with Gasteiger partial charge in [-0.3, -0.25) is 9.59 Å². The van der Waals surface area contributed by atoms with Crippen LogP contribution in [0.25, 0.3) is 0 Å². The highest BCUT2D eigenvalue weighted by Gasteiger charge is 2.24. The van der Waals surface area contributed by atoms with E-state index in [-0.39, 0.29) is 30.3 Å². The van der Waals surface area contributed by atoms with Crippen LogP contribution in [-0.2, 0) is 0 Å². The van der Waals surface area contributed by atoms with Crippen molar-refractivity contribution >= 4 is 11.7 Å². The van der Waals surface area contributed by atoms with Gasteiger partial charge in [-0.05, 0) is 31.9 Å². The number of aliphatic hydroxyl groups excluding tert-OH is 1. The molecule has 2 N–H and O–H groups in total. The summed E-state index contributed by atoms with van der Waals surface area (Å²) < 4.78 is 0. The molecule has 1 aromatic carbocycles. The summed E-state index contributed by atoms with van der Waals surface area (Å²) in [7, 11) is 0. The first kappa shape index (κ1) is 15.7. The molecule has 1 aliphatic rings. The Morgan fingerprint density at radius 2 is 1.71 bits per heavy atom. The molecule has 2 atom stereocenters. The van der Waals surface area contributed by atoms with Crippen LogP contribution in [0.3, 0.4) is 0 Å². The Hall–Kier alpha value is -1.68. The minimum atomic E-state index is -0.129. The van der Waals surface area contributed by atoms with Gasteiger partial charge in [-0.15, -0.1) is 0 Å². The molecule has 1 amide bonds. The van der Waals surface area contributed by atoms with Gasteiger partial charge < -0.3 is 10.4 Å². The van der Waals surface area contributed by atoms with Crippen LogP contribution in [0.15, 0.2) is 24.3 Å². The predicted molar refractivity (Wildman–Crippen MR) is 81.4 cm³/mol. The summed E-state index contributed by atoms with van der Waals surface area (Å²) >= 11 is 0. The normalized spacial score (nSPS) is 22.4. The number of rotatable bonds is 4. The van der Waals surface area contributed by atoms with Crippen LogP contribution in [0, 0.1) is 5.92 Å². The Labute approximate surface area is 125 Å². The molecule has 4 heteroatoms. The lowest BCUT2D eigenvalue weighted by Gasteiger charge is -2.24. The highest BCUT2D eigenvalue weighted by atomic mass is 16.3. The fourth-order valence-electron chi connectivity index (χ4n) is 2.90. The lowest BCUT2D eigenvalue weighted by Crippen LogP contribution is -2.41.